The zero-order chi connectivity index (χ0) is 17.4. The van der Waals surface area contributed by atoms with Crippen molar-refractivity contribution in [3.8, 4) is 0 Å². The molecule has 24 heavy (non-hydrogen) atoms. The molecule has 2 rings (SSSR count). The van der Waals surface area contributed by atoms with Crippen molar-refractivity contribution in [2.75, 3.05) is 39.3 Å². The van der Waals surface area contributed by atoms with Crippen molar-refractivity contribution in [3.63, 3.8) is 0 Å². The zero-order valence-electron chi connectivity index (χ0n) is 14.9. The van der Waals surface area contributed by atoms with E-state index in [2.05, 4.69) is 22.0 Å². The largest absolute Gasteiger partial charge is 0.391 e. The van der Waals surface area contributed by atoms with E-state index < -0.39 is 6.10 Å². The highest BCUT2D eigenvalue weighted by Gasteiger charge is 2.19. The van der Waals surface area contributed by atoms with Crippen LogP contribution in [0, 0.1) is 0 Å². The number of piperazine rings is 1. The number of carbonyl (C=O) groups excluding carboxylic acids is 1. The molecule has 134 valence electrons. The van der Waals surface area contributed by atoms with E-state index in [0.717, 1.165) is 44.8 Å². The van der Waals surface area contributed by atoms with Crippen molar-refractivity contribution < 1.29 is 9.90 Å². The monoisotopic (exact) mass is 333 g/mol. The van der Waals surface area contributed by atoms with Crippen molar-refractivity contribution in [2.45, 2.75) is 38.8 Å². The Morgan fingerprint density at radius 2 is 1.79 bits per heavy atom. The zero-order valence-corrected chi connectivity index (χ0v) is 14.9. The summed E-state index contributed by atoms with van der Waals surface area (Å²) >= 11 is 0. The molecule has 1 aromatic rings. The normalized spacial score (nSPS) is 19.0. The quantitative estimate of drug-likeness (QED) is 0.749. The van der Waals surface area contributed by atoms with Crippen molar-refractivity contribution in [1.29, 1.82) is 0 Å². The maximum absolute atomic E-state index is 12.1. The van der Waals surface area contributed by atoms with Gasteiger partial charge in [-0.25, -0.2) is 0 Å². The summed E-state index contributed by atoms with van der Waals surface area (Å²) in [5.74, 6) is 0.0209. The average molecular weight is 333 g/mol. The SMILES string of the molecule is CCN1CCN(CCC(=O)NC(C)C(O)Cc2ccccc2)CC1. The fraction of sp³-hybridized carbons (Fsp3) is 0.632. The number of nitrogens with zero attached hydrogens (tertiary/aromatic N) is 2. The lowest BCUT2D eigenvalue weighted by Crippen LogP contribution is -2.47. The number of nitrogens with one attached hydrogen (secondary N) is 1. The van der Waals surface area contributed by atoms with Crippen molar-refractivity contribution in [3.05, 3.63) is 35.9 Å². The second-order valence-corrected chi connectivity index (χ2v) is 6.64. The molecular weight excluding hydrogens is 302 g/mol. The molecule has 1 saturated heterocycles. The van der Waals surface area contributed by atoms with Crippen LogP contribution in [0.3, 0.4) is 0 Å². The Bertz CT molecular complexity index is 487. The summed E-state index contributed by atoms with van der Waals surface area (Å²) in [6, 6.07) is 9.63. The fourth-order valence-corrected chi connectivity index (χ4v) is 3.04. The average Bonchev–Trinajstić information content (AvgIpc) is 2.61. The van der Waals surface area contributed by atoms with Crippen LogP contribution in [-0.4, -0.2) is 72.2 Å². The van der Waals surface area contributed by atoms with Crippen LogP contribution in [0.4, 0.5) is 0 Å². The number of aliphatic hydroxyl groups excluding tert-OH is 1. The third kappa shape index (κ3) is 6.23. The van der Waals surface area contributed by atoms with Gasteiger partial charge in [0.15, 0.2) is 0 Å². The summed E-state index contributed by atoms with van der Waals surface area (Å²) in [4.78, 5) is 16.9. The van der Waals surface area contributed by atoms with E-state index in [1.165, 1.54) is 0 Å². The molecule has 5 heteroatoms. The van der Waals surface area contributed by atoms with E-state index >= 15 is 0 Å². The predicted octanol–water partition coefficient (Wildman–Crippen LogP) is 1.12. The molecule has 0 bridgehead atoms. The lowest BCUT2D eigenvalue weighted by atomic mass is 10.0. The highest BCUT2D eigenvalue weighted by molar-refractivity contribution is 5.76. The maximum Gasteiger partial charge on any atom is 0.221 e. The van der Waals surface area contributed by atoms with E-state index in [1.807, 2.05) is 37.3 Å². The third-order valence-corrected chi connectivity index (χ3v) is 4.82. The van der Waals surface area contributed by atoms with Crippen LogP contribution in [0.5, 0.6) is 0 Å². The van der Waals surface area contributed by atoms with Crippen LogP contribution >= 0.6 is 0 Å². The van der Waals surface area contributed by atoms with Crippen LogP contribution in [0.1, 0.15) is 25.8 Å². The summed E-state index contributed by atoms with van der Waals surface area (Å²) in [5, 5.41) is 13.2. The third-order valence-electron chi connectivity index (χ3n) is 4.82. The summed E-state index contributed by atoms with van der Waals surface area (Å²) in [6.07, 6.45) is 0.486. The highest BCUT2D eigenvalue weighted by Crippen LogP contribution is 2.07. The molecule has 0 spiro atoms. The standard InChI is InChI=1S/C19H31N3O2/c1-3-21-11-13-22(14-12-21)10-9-19(24)20-16(2)18(23)15-17-7-5-4-6-8-17/h4-8,16,18,23H,3,9-15H2,1-2H3,(H,20,24). The molecule has 1 aliphatic rings. The molecular formula is C19H31N3O2. The molecule has 5 nitrogen and oxygen atoms in total. The summed E-state index contributed by atoms with van der Waals surface area (Å²) in [6.45, 7) is 10.2. The van der Waals surface area contributed by atoms with Gasteiger partial charge in [-0.05, 0) is 19.0 Å². The van der Waals surface area contributed by atoms with Gasteiger partial charge in [0.2, 0.25) is 5.91 Å². The first kappa shape index (κ1) is 18.9. The van der Waals surface area contributed by atoms with Gasteiger partial charge in [-0.3, -0.25) is 4.79 Å². The molecule has 0 radical (unpaired) electrons. The van der Waals surface area contributed by atoms with E-state index in [0.29, 0.717) is 12.8 Å². The molecule has 0 aromatic heterocycles. The Morgan fingerprint density at radius 1 is 1.17 bits per heavy atom. The molecule has 1 aliphatic heterocycles. The minimum absolute atomic E-state index is 0.0209. The van der Waals surface area contributed by atoms with Crippen LogP contribution in [-0.2, 0) is 11.2 Å². The van der Waals surface area contributed by atoms with Crippen molar-refractivity contribution in [2.24, 2.45) is 0 Å². The smallest absolute Gasteiger partial charge is 0.221 e. The summed E-state index contributed by atoms with van der Waals surface area (Å²) < 4.78 is 0. The molecule has 2 unspecified atom stereocenters. The van der Waals surface area contributed by atoms with Gasteiger partial charge in [0.25, 0.3) is 0 Å². The Balaban J connectivity index is 1.66. The van der Waals surface area contributed by atoms with Gasteiger partial charge in [-0.2, -0.15) is 0 Å². The number of hydrogen-bond donors (Lipinski definition) is 2. The Hall–Kier alpha value is -1.43. The van der Waals surface area contributed by atoms with E-state index in [9.17, 15) is 9.90 Å². The van der Waals surface area contributed by atoms with Crippen molar-refractivity contribution >= 4 is 5.91 Å². The summed E-state index contributed by atoms with van der Waals surface area (Å²) in [7, 11) is 0. The maximum atomic E-state index is 12.1. The molecule has 1 aromatic carbocycles. The number of likely N-dealkylation sites (N-methyl/N-ethyl adjacent to an activating group) is 1. The van der Waals surface area contributed by atoms with Crippen LogP contribution in [0.2, 0.25) is 0 Å². The molecule has 2 N–H and O–H groups in total. The molecule has 2 atom stereocenters. The highest BCUT2D eigenvalue weighted by atomic mass is 16.3. The van der Waals surface area contributed by atoms with Crippen LogP contribution in [0.25, 0.3) is 0 Å². The van der Waals surface area contributed by atoms with E-state index in [4.69, 9.17) is 0 Å². The van der Waals surface area contributed by atoms with E-state index in [1.54, 1.807) is 0 Å². The minimum atomic E-state index is -0.565. The molecule has 0 saturated carbocycles. The van der Waals surface area contributed by atoms with Crippen LogP contribution in [0.15, 0.2) is 30.3 Å². The first-order valence-corrected chi connectivity index (χ1v) is 9.04. The second kappa shape index (κ2) is 9.77. The Kier molecular flexibility index (Phi) is 7.69. The van der Waals surface area contributed by atoms with E-state index in [-0.39, 0.29) is 11.9 Å². The Morgan fingerprint density at radius 3 is 2.42 bits per heavy atom. The second-order valence-electron chi connectivity index (χ2n) is 6.64. The fourth-order valence-electron chi connectivity index (χ4n) is 3.04. The molecule has 1 heterocycles. The van der Waals surface area contributed by atoms with Gasteiger partial charge in [0, 0.05) is 45.6 Å². The predicted molar refractivity (Wildman–Crippen MR) is 96.9 cm³/mol. The van der Waals surface area contributed by atoms with Gasteiger partial charge in [-0.1, -0.05) is 37.3 Å². The number of benzene rings is 1. The van der Waals surface area contributed by atoms with Gasteiger partial charge >= 0.3 is 0 Å². The topological polar surface area (TPSA) is 55.8 Å². The van der Waals surface area contributed by atoms with Crippen molar-refractivity contribution in [1.82, 2.24) is 15.1 Å². The first-order chi connectivity index (χ1) is 11.6. The lowest BCUT2D eigenvalue weighted by Gasteiger charge is -2.33. The van der Waals surface area contributed by atoms with Gasteiger partial charge in [0.1, 0.15) is 0 Å². The first-order valence-electron chi connectivity index (χ1n) is 9.04. The minimum Gasteiger partial charge on any atom is -0.391 e. The molecule has 0 aliphatic carbocycles. The van der Waals surface area contributed by atoms with Gasteiger partial charge < -0.3 is 20.2 Å². The van der Waals surface area contributed by atoms with Gasteiger partial charge in [0.05, 0.1) is 12.1 Å². The number of hydrogen-bond acceptors (Lipinski definition) is 4. The number of amides is 1. The van der Waals surface area contributed by atoms with Crippen LogP contribution < -0.4 is 5.32 Å². The molecule has 1 amide bonds. The Labute approximate surface area is 145 Å². The van der Waals surface area contributed by atoms with Gasteiger partial charge in [-0.15, -0.1) is 0 Å². The molecule has 1 fully saturated rings. The summed E-state index contributed by atoms with van der Waals surface area (Å²) in [5.41, 5.74) is 1.08. The lowest BCUT2D eigenvalue weighted by molar-refractivity contribution is -0.122. The number of carbonyl (C=O) groups is 1. The number of aliphatic hydroxyl groups is 1. The number of rotatable bonds is 8.